The molecule has 0 aliphatic carbocycles. The molecule has 1 saturated heterocycles. The Morgan fingerprint density at radius 3 is 2.90 bits per heavy atom. The van der Waals surface area contributed by atoms with E-state index in [1.807, 2.05) is 12.1 Å². The van der Waals surface area contributed by atoms with Crippen molar-refractivity contribution in [2.45, 2.75) is 31.8 Å². The second-order valence-electron chi connectivity index (χ2n) is 5.64. The lowest BCUT2D eigenvalue weighted by atomic mass is 9.92. The van der Waals surface area contributed by atoms with Crippen LogP contribution < -0.4 is 5.32 Å². The lowest BCUT2D eigenvalue weighted by molar-refractivity contribution is 0.0595. The number of esters is 1. The zero-order chi connectivity index (χ0) is 13.9. The Labute approximate surface area is 120 Å². The van der Waals surface area contributed by atoms with Crippen LogP contribution in [0.5, 0.6) is 0 Å². The van der Waals surface area contributed by atoms with Gasteiger partial charge in [0.1, 0.15) is 0 Å². The second kappa shape index (κ2) is 5.94. The van der Waals surface area contributed by atoms with Gasteiger partial charge in [0.2, 0.25) is 0 Å². The normalized spacial score (nSPS) is 20.4. The Morgan fingerprint density at radius 2 is 2.15 bits per heavy atom. The first-order valence-electron chi connectivity index (χ1n) is 7.43. The van der Waals surface area contributed by atoms with Gasteiger partial charge in [0.15, 0.2) is 0 Å². The van der Waals surface area contributed by atoms with Crippen molar-refractivity contribution in [3.63, 3.8) is 0 Å². The smallest absolute Gasteiger partial charge is 0.338 e. The summed E-state index contributed by atoms with van der Waals surface area (Å²) in [4.78, 5) is 14.5. The van der Waals surface area contributed by atoms with Gasteiger partial charge in [-0.25, -0.2) is 4.79 Å². The summed E-state index contributed by atoms with van der Waals surface area (Å²) < 4.78 is 4.92. The first-order chi connectivity index (χ1) is 9.79. The van der Waals surface area contributed by atoms with E-state index in [9.17, 15) is 4.79 Å². The molecule has 3 rings (SSSR count). The summed E-state index contributed by atoms with van der Waals surface area (Å²) in [6.45, 7) is 4.19. The fourth-order valence-electron chi connectivity index (χ4n) is 3.39. The standard InChI is InChI=1S/C16H22N2O2/c1-20-16(19)14-4-2-3-12-7-10-18(11-15(12)14)13-5-8-17-9-6-13/h2-4,13,17H,5-11H2,1H3. The molecule has 108 valence electrons. The predicted octanol–water partition coefficient (Wildman–Crippen LogP) is 1.58. The summed E-state index contributed by atoms with van der Waals surface area (Å²) in [5, 5.41) is 3.41. The number of nitrogens with zero attached hydrogens (tertiary/aromatic N) is 1. The van der Waals surface area contributed by atoms with Crippen molar-refractivity contribution in [1.29, 1.82) is 0 Å². The summed E-state index contributed by atoms with van der Waals surface area (Å²) in [7, 11) is 1.45. The largest absolute Gasteiger partial charge is 0.465 e. The van der Waals surface area contributed by atoms with E-state index in [4.69, 9.17) is 4.74 Å². The zero-order valence-electron chi connectivity index (χ0n) is 12.0. The van der Waals surface area contributed by atoms with Gasteiger partial charge < -0.3 is 10.1 Å². The van der Waals surface area contributed by atoms with Crippen LogP contribution in [0.4, 0.5) is 0 Å². The highest BCUT2D eigenvalue weighted by molar-refractivity contribution is 5.91. The van der Waals surface area contributed by atoms with Crippen LogP contribution in [0.25, 0.3) is 0 Å². The number of hydrogen-bond acceptors (Lipinski definition) is 4. The molecule has 0 saturated carbocycles. The SMILES string of the molecule is COC(=O)c1cccc2c1CN(C1CCNCC1)CC2. The average molecular weight is 274 g/mol. The zero-order valence-corrected chi connectivity index (χ0v) is 12.0. The Hall–Kier alpha value is -1.39. The predicted molar refractivity (Wildman–Crippen MR) is 77.8 cm³/mol. The first kappa shape index (κ1) is 13.6. The number of benzene rings is 1. The van der Waals surface area contributed by atoms with Gasteiger partial charge in [-0.15, -0.1) is 0 Å². The fraction of sp³-hybridized carbons (Fsp3) is 0.562. The quantitative estimate of drug-likeness (QED) is 0.832. The minimum absolute atomic E-state index is 0.214. The number of piperidine rings is 1. The lowest BCUT2D eigenvalue weighted by Crippen LogP contribution is -2.45. The minimum Gasteiger partial charge on any atom is -0.465 e. The highest BCUT2D eigenvalue weighted by atomic mass is 16.5. The molecule has 1 fully saturated rings. The van der Waals surface area contributed by atoms with Crippen LogP contribution in [-0.2, 0) is 17.7 Å². The molecule has 0 bridgehead atoms. The van der Waals surface area contributed by atoms with E-state index < -0.39 is 0 Å². The lowest BCUT2D eigenvalue weighted by Gasteiger charge is -2.38. The molecule has 1 aromatic rings. The molecule has 2 aliphatic rings. The summed E-state index contributed by atoms with van der Waals surface area (Å²) in [6.07, 6.45) is 3.44. The Morgan fingerprint density at radius 1 is 1.35 bits per heavy atom. The van der Waals surface area contributed by atoms with Crippen LogP contribution in [0.3, 0.4) is 0 Å². The molecule has 1 aromatic carbocycles. The number of methoxy groups -OCH3 is 1. The summed E-state index contributed by atoms with van der Waals surface area (Å²) in [5.74, 6) is -0.214. The molecule has 0 radical (unpaired) electrons. The maximum Gasteiger partial charge on any atom is 0.338 e. The third-order valence-electron chi connectivity index (χ3n) is 4.53. The van der Waals surface area contributed by atoms with Crippen LogP contribution in [0.15, 0.2) is 18.2 Å². The van der Waals surface area contributed by atoms with Gasteiger partial charge in [0.25, 0.3) is 0 Å². The van der Waals surface area contributed by atoms with Gasteiger partial charge in [0, 0.05) is 19.1 Å². The molecule has 2 aliphatic heterocycles. The molecule has 20 heavy (non-hydrogen) atoms. The number of fused-ring (bicyclic) bond motifs is 1. The second-order valence-corrected chi connectivity index (χ2v) is 5.64. The third kappa shape index (κ3) is 2.58. The Balaban J connectivity index is 1.83. The summed E-state index contributed by atoms with van der Waals surface area (Å²) in [5.41, 5.74) is 3.21. The van der Waals surface area contributed by atoms with E-state index in [-0.39, 0.29) is 5.97 Å². The minimum atomic E-state index is -0.214. The first-order valence-corrected chi connectivity index (χ1v) is 7.43. The molecular formula is C16H22N2O2. The number of nitrogens with one attached hydrogen (secondary N) is 1. The van der Waals surface area contributed by atoms with Crippen molar-refractivity contribution in [3.05, 3.63) is 34.9 Å². The van der Waals surface area contributed by atoms with E-state index >= 15 is 0 Å². The van der Waals surface area contributed by atoms with Gasteiger partial charge in [0.05, 0.1) is 12.7 Å². The molecule has 0 unspecified atom stereocenters. The van der Waals surface area contributed by atoms with E-state index in [2.05, 4.69) is 16.3 Å². The molecule has 0 amide bonds. The van der Waals surface area contributed by atoms with Crippen molar-refractivity contribution < 1.29 is 9.53 Å². The maximum absolute atomic E-state index is 11.9. The van der Waals surface area contributed by atoms with Crippen molar-refractivity contribution in [2.75, 3.05) is 26.7 Å². The highest BCUT2D eigenvalue weighted by Crippen LogP contribution is 2.26. The van der Waals surface area contributed by atoms with Crippen molar-refractivity contribution >= 4 is 5.97 Å². The molecule has 0 aromatic heterocycles. The third-order valence-corrected chi connectivity index (χ3v) is 4.53. The maximum atomic E-state index is 11.9. The Kier molecular flexibility index (Phi) is 4.03. The molecule has 4 nitrogen and oxygen atoms in total. The molecule has 0 spiro atoms. The van der Waals surface area contributed by atoms with Crippen LogP contribution in [-0.4, -0.2) is 43.7 Å². The molecule has 4 heteroatoms. The summed E-state index contributed by atoms with van der Waals surface area (Å²) in [6, 6.07) is 6.64. The summed E-state index contributed by atoms with van der Waals surface area (Å²) >= 11 is 0. The number of hydrogen-bond donors (Lipinski definition) is 1. The topological polar surface area (TPSA) is 41.6 Å². The van der Waals surface area contributed by atoms with Gasteiger partial charge in [-0.1, -0.05) is 12.1 Å². The van der Waals surface area contributed by atoms with Gasteiger partial charge in [-0.2, -0.15) is 0 Å². The van der Waals surface area contributed by atoms with Crippen LogP contribution in [0.2, 0.25) is 0 Å². The van der Waals surface area contributed by atoms with Gasteiger partial charge >= 0.3 is 5.97 Å². The van der Waals surface area contributed by atoms with E-state index in [1.165, 1.54) is 31.1 Å². The molecular weight excluding hydrogens is 252 g/mol. The van der Waals surface area contributed by atoms with Crippen LogP contribution >= 0.6 is 0 Å². The fourth-order valence-corrected chi connectivity index (χ4v) is 3.39. The number of rotatable bonds is 2. The molecule has 2 heterocycles. The van der Waals surface area contributed by atoms with Crippen molar-refractivity contribution in [2.24, 2.45) is 0 Å². The van der Waals surface area contributed by atoms with Gasteiger partial charge in [-0.05, 0) is 49.5 Å². The van der Waals surface area contributed by atoms with E-state index in [0.29, 0.717) is 6.04 Å². The van der Waals surface area contributed by atoms with Crippen molar-refractivity contribution in [3.8, 4) is 0 Å². The molecule has 0 atom stereocenters. The average Bonchev–Trinajstić information content (AvgIpc) is 2.54. The van der Waals surface area contributed by atoms with E-state index in [1.54, 1.807) is 0 Å². The van der Waals surface area contributed by atoms with Crippen LogP contribution in [0, 0.1) is 0 Å². The van der Waals surface area contributed by atoms with Crippen molar-refractivity contribution in [1.82, 2.24) is 10.2 Å². The van der Waals surface area contributed by atoms with E-state index in [0.717, 1.165) is 38.2 Å². The highest BCUT2D eigenvalue weighted by Gasteiger charge is 2.27. The van der Waals surface area contributed by atoms with Gasteiger partial charge in [-0.3, -0.25) is 4.90 Å². The number of carbonyl (C=O) groups is 1. The number of ether oxygens (including phenoxy) is 1. The monoisotopic (exact) mass is 274 g/mol. The Bertz CT molecular complexity index is 495. The molecule has 1 N–H and O–H groups in total. The number of carbonyl (C=O) groups excluding carboxylic acids is 1. The van der Waals surface area contributed by atoms with Crippen LogP contribution in [0.1, 0.15) is 34.3 Å².